The highest BCUT2D eigenvalue weighted by molar-refractivity contribution is 7.99. The van der Waals surface area contributed by atoms with E-state index in [1.54, 1.807) is 0 Å². The number of hydrogen-bond donors (Lipinski definition) is 2. The fraction of sp³-hybridized carbons (Fsp3) is 0.500. The highest BCUT2D eigenvalue weighted by atomic mass is 32.2. The van der Waals surface area contributed by atoms with E-state index in [1.807, 2.05) is 52.0 Å². The monoisotopic (exact) mass is 324 g/mol. The molecule has 0 spiro atoms. The van der Waals surface area contributed by atoms with Gasteiger partial charge >= 0.3 is 6.09 Å². The van der Waals surface area contributed by atoms with Crippen LogP contribution in [-0.2, 0) is 9.53 Å². The Hall–Kier alpha value is -1.69. The van der Waals surface area contributed by atoms with Crippen LogP contribution in [0.5, 0.6) is 0 Å². The summed E-state index contributed by atoms with van der Waals surface area (Å²) in [5, 5.41) is 5.48. The largest absolute Gasteiger partial charge is 0.444 e. The molecule has 5 nitrogen and oxygen atoms in total. The van der Waals surface area contributed by atoms with E-state index < -0.39 is 11.7 Å². The number of rotatable bonds is 6. The summed E-state index contributed by atoms with van der Waals surface area (Å²) in [6, 6.07) is 7.66. The van der Waals surface area contributed by atoms with Crippen molar-refractivity contribution in [2.75, 3.05) is 23.4 Å². The van der Waals surface area contributed by atoms with Crippen molar-refractivity contribution in [3.8, 4) is 0 Å². The van der Waals surface area contributed by atoms with Crippen molar-refractivity contribution in [2.24, 2.45) is 0 Å². The number of nitrogens with one attached hydrogen (secondary N) is 2. The van der Waals surface area contributed by atoms with E-state index >= 15 is 0 Å². The number of aryl methyl sites for hydroxylation is 1. The minimum Gasteiger partial charge on any atom is -0.444 e. The van der Waals surface area contributed by atoms with Gasteiger partial charge in [-0.05, 0) is 39.8 Å². The molecule has 6 heteroatoms. The summed E-state index contributed by atoms with van der Waals surface area (Å²) >= 11 is 1.46. The number of thioether (sulfide) groups is 1. The second-order valence-electron chi connectivity index (χ2n) is 5.90. The number of benzene rings is 1. The van der Waals surface area contributed by atoms with E-state index in [1.165, 1.54) is 11.8 Å². The zero-order valence-corrected chi connectivity index (χ0v) is 14.4. The van der Waals surface area contributed by atoms with Gasteiger partial charge in [-0.25, -0.2) is 4.79 Å². The lowest BCUT2D eigenvalue weighted by atomic mass is 10.2. The Bertz CT molecular complexity index is 495. The summed E-state index contributed by atoms with van der Waals surface area (Å²) in [5.74, 6) is 0.955. The maximum Gasteiger partial charge on any atom is 0.407 e. The van der Waals surface area contributed by atoms with Crippen LogP contribution in [0.3, 0.4) is 0 Å². The molecule has 22 heavy (non-hydrogen) atoms. The molecule has 0 heterocycles. The molecule has 0 aliphatic heterocycles. The van der Waals surface area contributed by atoms with Gasteiger partial charge in [-0.15, -0.1) is 0 Å². The van der Waals surface area contributed by atoms with Gasteiger partial charge in [0.25, 0.3) is 0 Å². The molecule has 0 saturated carbocycles. The van der Waals surface area contributed by atoms with E-state index in [4.69, 9.17) is 4.74 Å². The molecule has 1 aromatic carbocycles. The Morgan fingerprint density at radius 3 is 2.41 bits per heavy atom. The first-order valence-electron chi connectivity index (χ1n) is 7.17. The first kappa shape index (κ1) is 18.4. The van der Waals surface area contributed by atoms with E-state index in [2.05, 4.69) is 10.6 Å². The molecule has 122 valence electrons. The van der Waals surface area contributed by atoms with Crippen molar-refractivity contribution in [1.29, 1.82) is 0 Å². The van der Waals surface area contributed by atoms with E-state index in [0.717, 1.165) is 11.3 Å². The van der Waals surface area contributed by atoms with Gasteiger partial charge in [-0.3, -0.25) is 4.79 Å². The zero-order valence-electron chi connectivity index (χ0n) is 13.6. The summed E-state index contributed by atoms with van der Waals surface area (Å²) in [5.41, 5.74) is 1.45. The molecule has 2 N–H and O–H groups in total. The van der Waals surface area contributed by atoms with Crippen molar-refractivity contribution in [3.05, 3.63) is 29.8 Å². The third-order valence-electron chi connectivity index (χ3n) is 2.48. The molecule has 0 bridgehead atoms. The zero-order chi connectivity index (χ0) is 16.6. The number of hydrogen-bond acceptors (Lipinski definition) is 4. The van der Waals surface area contributed by atoms with Gasteiger partial charge in [0.2, 0.25) is 5.91 Å². The number of anilines is 1. The molecular weight excluding hydrogens is 300 g/mol. The van der Waals surface area contributed by atoms with Crippen LogP contribution in [-0.4, -0.2) is 35.7 Å². The van der Waals surface area contributed by atoms with Crippen molar-refractivity contribution in [3.63, 3.8) is 0 Å². The van der Waals surface area contributed by atoms with Crippen molar-refractivity contribution < 1.29 is 14.3 Å². The first-order valence-corrected chi connectivity index (χ1v) is 8.33. The third-order valence-corrected chi connectivity index (χ3v) is 3.44. The van der Waals surface area contributed by atoms with Crippen LogP contribution in [0.4, 0.5) is 10.5 Å². The van der Waals surface area contributed by atoms with Crippen molar-refractivity contribution in [2.45, 2.75) is 33.3 Å². The smallest absolute Gasteiger partial charge is 0.407 e. The minimum atomic E-state index is -0.495. The molecule has 0 fully saturated rings. The minimum absolute atomic E-state index is 0.0499. The van der Waals surface area contributed by atoms with Crippen LogP contribution in [0, 0.1) is 6.92 Å². The van der Waals surface area contributed by atoms with Gasteiger partial charge in [-0.1, -0.05) is 17.7 Å². The second-order valence-corrected chi connectivity index (χ2v) is 7.00. The van der Waals surface area contributed by atoms with Crippen molar-refractivity contribution >= 4 is 29.4 Å². The number of carbonyl (C=O) groups is 2. The lowest BCUT2D eigenvalue weighted by Gasteiger charge is -2.19. The third kappa shape index (κ3) is 8.56. The van der Waals surface area contributed by atoms with Gasteiger partial charge in [0, 0.05) is 18.0 Å². The number of alkyl carbamates (subject to hydrolysis) is 1. The van der Waals surface area contributed by atoms with Crippen LogP contribution in [0.1, 0.15) is 26.3 Å². The maximum atomic E-state index is 11.7. The molecule has 0 aliphatic carbocycles. The van der Waals surface area contributed by atoms with E-state index in [-0.39, 0.29) is 5.91 Å². The average molecular weight is 324 g/mol. The van der Waals surface area contributed by atoms with Gasteiger partial charge in [0.05, 0.1) is 5.75 Å². The normalized spacial score (nSPS) is 10.9. The molecule has 0 saturated heterocycles. The predicted molar refractivity (Wildman–Crippen MR) is 91.4 cm³/mol. The summed E-state index contributed by atoms with van der Waals surface area (Å²) < 4.78 is 5.12. The maximum absolute atomic E-state index is 11.7. The van der Waals surface area contributed by atoms with Crippen molar-refractivity contribution in [1.82, 2.24) is 5.32 Å². The summed E-state index contributed by atoms with van der Waals surface area (Å²) in [6.45, 7) is 7.92. The fourth-order valence-electron chi connectivity index (χ4n) is 1.54. The van der Waals surface area contributed by atoms with E-state index in [0.29, 0.717) is 18.1 Å². The summed E-state index contributed by atoms with van der Waals surface area (Å²) in [7, 11) is 0. The van der Waals surface area contributed by atoms with E-state index in [9.17, 15) is 9.59 Å². The Balaban J connectivity index is 2.13. The molecule has 1 rings (SSSR count). The standard InChI is InChI=1S/C16H24N2O3S/c1-12-5-7-13(8-6-12)18-14(19)11-22-10-9-17-15(20)21-16(2,3)4/h5-8H,9-11H2,1-4H3,(H,17,20)(H,18,19). The van der Waals surface area contributed by atoms with Gasteiger partial charge in [-0.2, -0.15) is 11.8 Å². The topological polar surface area (TPSA) is 67.4 Å². The molecular formula is C16H24N2O3S. The molecule has 0 aliphatic rings. The fourth-order valence-corrected chi connectivity index (χ4v) is 2.19. The van der Waals surface area contributed by atoms with Gasteiger partial charge in [0.1, 0.15) is 5.60 Å². The second kappa shape index (κ2) is 8.68. The lowest BCUT2D eigenvalue weighted by molar-refractivity contribution is -0.113. The number of amides is 2. The van der Waals surface area contributed by atoms with Gasteiger partial charge < -0.3 is 15.4 Å². The summed E-state index contributed by atoms with van der Waals surface area (Å²) in [4.78, 5) is 23.1. The Morgan fingerprint density at radius 2 is 1.82 bits per heavy atom. The predicted octanol–water partition coefficient (Wildman–Crippen LogP) is 3.19. The number of ether oxygens (including phenoxy) is 1. The van der Waals surface area contributed by atoms with Gasteiger partial charge in [0.15, 0.2) is 0 Å². The SMILES string of the molecule is Cc1ccc(NC(=O)CSCCNC(=O)OC(C)(C)C)cc1. The Labute approximate surface area is 136 Å². The van der Waals surface area contributed by atoms with Crippen LogP contribution in [0.15, 0.2) is 24.3 Å². The Morgan fingerprint density at radius 1 is 1.18 bits per heavy atom. The lowest BCUT2D eigenvalue weighted by Crippen LogP contribution is -2.33. The molecule has 0 aromatic heterocycles. The van der Waals surface area contributed by atoms with Crippen LogP contribution in [0.2, 0.25) is 0 Å². The quantitative estimate of drug-likeness (QED) is 0.789. The van der Waals surface area contributed by atoms with Crippen LogP contribution >= 0.6 is 11.8 Å². The number of carbonyl (C=O) groups excluding carboxylic acids is 2. The van der Waals surface area contributed by atoms with Crippen LogP contribution in [0.25, 0.3) is 0 Å². The molecule has 0 radical (unpaired) electrons. The molecule has 0 unspecified atom stereocenters. The first-order chi connectivity index (χ1) is 10.3. The molecule has 1 aromatic rings. The average Bonchev–Trinajstić information content (AvgIpc) is 2.39. The molecule has 2 amide bonds. The summed E-state index contributed by atoms with van der Waals surface area (Å²) in [6.07, 6.45) is -0.433. The Kier molecular flexibility index (Phi) is 7.24. The molecule has 0 atom stereocenters. The van der Waals surface area contributed by atoms with Crippen LogP contribution < -0.4 is 10.6 Å². The highest BCUT2D eigenvalue weighted by Crippen LogP contribution is 2.10. The highest BCUT2D eigenvalue weighted by Gasteiger charge is 2.15.